The van der Waals surface area contributed by atoms with E-state index >= 15 is 0 Å². The molecule has 0 atom stereocenters. The molecular weight excluding hydrogens is 406 g/mol. The number of hydrogen-bond donors (Lipinski definition) is 0. The molecule has 0 N–H and O–H groups in total. The van der Waals surface area contributed by atoms with E-state index in [1.165, 1.54) is 12.4 Å². The van der Waals surface area contributed by atoms with Gasteiger partial charge in [0.15, 0.2) is 0 Å². The zero-order chi connectivity index (χ0) is 22.8. The minimum absolute atomic E-state index is 0.0807. The van der Waals surface area contributed by atoms with Crippen molar-refractivity contribution in [3.63, 3.8) is 0 Å². The fourth-order valence-corrected chi connectivity index (χ4v) is 3.92. The molecule has 1 aromatic heterocycles. The Morgan fingerprint density at radius 2 is 1.84 bits per heavy atom. The Hall–Kier alpha value is -3.16. The molecule has 1 aromatic carbocycles. The van der Waals surface area contributed by atoms with Gasteiger partial charge in [-0.2, -0.15) is 0 Å². The van der Waals surface area contributed by atoms with Crippen molar-refractivity contribution in [3.8, 4) is 5.75 Å². The smallest absolute Gasteiger partial charge is 0.274 e. The first-order valence-corrected chi connectivity index (χ1v) is 11.3. The number of carbonyl (C=O) groups is 2. The van der Waals surface area contributed by atoms with Crippen LogP contribution in [0, 0.1) is 0 Å². The highest BCUT2D eigenvalue weighted by Crippen LogP contribution is 2.28. The second-order valence-corrected chi connectivity index (χ2v) is 7.88. The summed E-state index contributed by atoms with van der Waals surface area (Å²) in [6.45, 7) is 5.97. The van der Waals surface area contributed by atoms with Crippen LogP contribution in [0.5, 0.6) is 5.75 Å². The molecule has 0 radical (unpaired) electrons. The molecule has 2 aromatic rings. The van der Waals surface area contributed by atoms with E-state index in [1.807, 2.05) is 29.2 Å². The van der Waals surface area contributed by atoms with Crippen LogP contribution in [-0.2, 0) is 4.79 Å². The van der Waals surface area contributed by atoms with Crippen LogP contribution in [0.25, 0.3) is 0 Å². The Bertz CT molecular complexity index is 869. The summed E-state index contributed by atoms with van der Waals surface area (Å²) < 4.78 is 5.47. The molecule has 1 fully saturated rings. The third-order valence-corrected chi connectivity index (χ3v) is 5.75. The molecular formula is C24H33N5O3. The predicted molar refractivity (Wildman–Crippen MR) is 124 cm³/mol. The molecule has 32 heavy (non-hydrogen) atoms. The third kappa shape index (κ3) is 6.18. The van der Waals surface area contributed by atoms with Crippen LogP contribution >= 0.6 is 0 Å². The molecule has 3 rings (SSSR count). The molecule has 0 aliphatic carbocycles. The molecule has 0 unspecified atom stereocenters. The van der Waals surface area contributed by atoms with Crippen LogP contribution in [0.1, 0.15) is 43.1 Å². The number of ether oxygens (including phenoxy) is 1. The summed E-state index contributed by atoms with van der Waals surface area (Å²) in [5.74, 6) is 0.762. The zero-order valence-corrected chi connectivity index (χ0v) is 19.1. The van der Waals surface area contributed by atoms with E-state index in [4.69, 9.17) is 4.74 Å². The second kappa shape index (κ2) is 12.0. The van der Waals surface area contributed by atoms with Crippen molar-refractivity contribution >= 4 is 17.5 Å². The predicted octanol–water partition coefficient (Wildman–Crippen LogP) is 2.86. The zero-order valence-electron chi connectivity index (χ0n) is 19.1. The van der Waals surface area contributed by atoms with Gasteiger partial charge in [-0.3, -0.25) is 14.6 Å². The first kappa shape index (κ1) is 23.5. The number of unbranched alkanes of at least 4 members (excludes halogenated alkanes) is 2. The normalized spacial score (nSPS) is 13.7. The topological polar surface area (TPSA) is 78.9 Å². The van der Waals surface area contributed by atoms with Gasteiger partial charge in [-0.15, -0.1) is 0 Å². The molecule has 0 saturated carbocycles. The van der Waals surface area contributed by atoms with Gasteiger partial charge < -0.3 is 19.4 Å². The van der Waals surface area contributed by atoms with Gasteiger partial charge in [-0.25, -0.2) is 4.98 Å². The van der Waals surface area contributed by atoms with Crippen molar-refractivity contribution < 1.29 is 14.3 Å². The minimum atomic E-state index is -0.164. The number of carbonyl (C=O) groups excluding carboxylic acids is 2. The first-order valence-electron chi connectivity index (χ1n) is 11.3. The van der Waals surface area contributed by atoms with E-state index in [2.05, 4.69) is 21.8 Å². The monoisotopic (exact) mass is 439 g/mol. The van der Waals surface area contributed by atoms with Crippen LogP contribution in [0.2, 0.25) is 0 Å². The molecule has 8 nitrogen and oxygen atoms in total. The van der Waals surface area contributed by atoms with Gasteiger partial charge >= 0.3 is 0 Å². The van der Waals surface area contributed by atoms with Gasteiger partial charge in [0, 0.05) is 58.1 Å². The number of hydrogen-bond acceptors (Lipinski definition) is 6. The standard InChI is InChI=1S/C24H33N5O3/c1-3-4-7-13-29(24(31)20-19-25-11-12-26-20)14-10-23(30)28-17-15-27(16-18-28)21-8-5-6-9-22(21)32-2/h5-6,8-9,11-12,19H,3-4,7,10,13-18H2,1-2H3. The number of methoxy groups -OCH3 is 1. The summed E-state index contributed by atoms with van der Waals surface area (Å²) in [7, 11) is 1.67. The van der Waals surface area contributed by atoms with Crippen molar-refractivity contribution in [2.75, 3.05) is 51.3 Å². The fraction of sp³-hybridized carbons (Fsp3) is 0.500. The van der Waals surface area contributed by atoms with Gasteiger partial charge in [-0.05, 0) is 18.6 Å². The lowest BCUT2D eigenvalue weighted by Crippen LogP contribution is -2.49. The quantitative estimate of drug-likeness (QED) is 0.530. The van der Waals surface area contributed by atoms with Crippen LogP contribution < -0.4 is 9.64 Å². The molecule has 1 aliphatic heterocycles. The summed E-state index contributed by atoms with van der Waals surface area (Å²) in [6, 6.07) is 7.95. The minimum Gasteiger partial charge on any atom is -0.495 e. The highest BCUT2D eigenvalue weighted by molar-refractivity contribution is 5.92. The van der Waals surface area contributed by atoms with Crippen molar-refractivity contribution in [3.05, 3.63) is 48.5 Å². The van der Waals surface area contributed by atoms with Gasteiger partial charge in [0.1, 0.15) is 11.4 Å². The molecule has 0 spiro atoms. The van der Waals surface area contributed by atoms with Crippen LogP contribution in [-0.4, -0.2) is 78.0 Å². The summed E-state index contributed by atoms with van der Waals surface area (Å²) in [4.78, 5) is 39.8. The van der Waals surface area contributed by atoms with Crippen LogP contribution in [0.3, 0.4) is 0 Å². The van der Waals surface area contributed by atoms with Gasteiger partial charge in [0.25, 0.3) is 5.91 Å². The maximum Gasteiger partial charge on any atom is 0.274 e. The number of rotatable bonds is 10. The van der Waals surface area contributed by atoms with E-state index in [0.717, 1.165) is 43.8 Å². The number of nitrogens with zero attached hydrogens (tertiary/aromatic N) is 5. The Labute approximate surface area is 190 Å². The maximum atomic E-state index is 12.9. The largest absolute Gasteiger partial charge is 0.495 e. The molecule has 1 saturated heterocycles. The van der Waals surface area contributed by atoms with Crippen molar-refractivity contribution in [2.24, 2.45) is 0 Å². The van der Waals surface area contributed by atoms with Crippen molar-refractivity contribution in [1.82, 2.24) is 19.8 Å². The van der Waals surface area contributed by atoms with E-state index in [-0.39, 0.29) is 11.8 Å². The van der Waals surface area contributed by atoms with Gasteiger partial charge in [0.2, 0.25) is 5.91 Å². The number of aromatic nitrogens is 2. The average molecular weight is 440 g/mol. The summed E-state index contributed by atoms with van der Waals surface area (Å²) in [5, 5.41) is 0. The number of benzene rings is 1. The maximum absolute atomic E-state index is 12.9. The molecule has 2 heterocycles. The SMILES string of the molecule is CCCCCN(CCC(=O)N1CCN(c2ccccc2OC)CC1)C(=O)c1cnccn1. The van der Waals surface area contributed by atoms with Crippen molar-refractivity contribution in [2.45, 2.75) is 32.6 Å². The number of para-hydroxylation sites is 2. The highest BCUT2D eigenvalue weighted by Gasteiger charge is 2.24. The number of amides is 2. The second-order valence-electron chi connectivity index (χ2n) is 7.88. The average Bonchev–Trinajstić information content (AvgIpc) is 2.86. The molecule has 8 heteroatoms. The lowest BCUT2D eigenvalue weighted by atomic mass is 10.2. The van der Waals surface area contributed by atoms with E-state index in [1.54, 1.807) is 18.2 Å². The molecule has 1 aliphatic rings. The van der Waals surface area contributed by atoms with Crippen LogP contribution in [0.4, 0.5) is 5.69 Å². The number of piperazine rings is 1. The lowest BCUT2D eigenvalue weighted by Gasteiger charge is -2.37. The summed E-state index contributed by atoms with van der Waals surface area (Å²) >= 11 is 0. The van der Waals surface area contributed by atoms with Gasteiger partial charge in [-0.1, -0.05) is 31.9 Å². The Balaban J connectivity index is 1.54. The Morgan fingerprint density at radius 3 is 2.53 bits per heavy atom. The van der Waals surface area contributed by atoms with E-state index < -0.39 is 0 Å². The van der Waals surface area contributed by atoms with E-state index in [0.29, 0.717) is 38.3 Å². The lowest BCUT2D eigenvalue weighted by molar-refractivity contribution is -0.131. The first-order chi connectivity index (χ1) is 15.6. The third-order valence-electron chi connectivity index (χ3n) is 5.75. The highest BCUT2D eigenvalue weighted by atomic mass is 16.5. The summed E-state index contributed by atoms with van der Waals surface area (Å²) in [6.07, 6.45) is 7.89. The van der Waals surface area contributed by atoms with E-state index in [9.17, 15) is 9.59 Å². The number of anilines is 1. The van der Waals surface area contributed by atoms with Gasteiger partial charge in [0.05, 0.1) is 19.0 Å². The van der Waals surface area contributed by atoms with Crippen LogP contribution in [0.15, 0.2) is 42.9 Å². The fourth-order valence-electron chi connectivity index (χ4n) is 3.92. The summed E-state index contributed by atoms with van der Waals surface area (Å²) in [5.41, 5.74) is 1.38. The molecule has 0 bridgehead atoms. The van der Waals surface area contributed by atoms with Crippen molar-refractivity contribution in [1.29, 1.82) is 0 Å². The molecule has 172 valence electrons. The molecule has 2 amide bonds. The Morgan fingerprint density at radius 1 is 1.06 bits per heavy atom. The Kier molecular flexibility index (Phi) is 8.83.